The molecular formula is C22H19N3O2. The summed E-state index contributed by atoms with van der Waals surface area (Å²) >= 11 is 0. The lowest BCUT2D eigenvalue weighted by molar-refractivity contribution is -0.118. The number of carbonyl (C=O) groups excluding carboxylic acids is 1. The van der Waals surface area contributed by atoms with Crippen LogP contribution in [-0.4, -0.2) is 15.5 Å². The van der Waals surface area contributed by atoms with Crippen molar-refractivity contribution in [2.45, 2.75) is 13.0 Å². The number of fused-ring (bicyclic) bond motifs is 1. The Morgan fingerprint density at radius 2 is 1.59 bits per heavy atom. The van der Waals surface area contributed by atoms with Gasteiger partial charge >= 0.3 is 5.69 Å². The first-order valence-electron chi connectivity index (χ1n) is 8.79. The molecule has 4 aromatic rings. The van der Waals surface area contributed by atoms with Crippen molar-refractivity contribution in [2.24, 2.45) is 0 Å². The van der Waals surface area contributed by atoms with Crippen molar-refractivity contribution in [1.82, 2.24) is 9.55 Å². The maximum absolute atomic E-state index is 12.7. The normalized spacial score (nSPS) is 12.0. The number of aromatic amines is 1. The molecule has 3 aromatic carbocycles. The molecule has 0 spiro atoms. The third-order valence-corrected chi connectivity index (χ3v) is 4.63. The third kappa shape index (κ3) is 3.27. The Balaban J connectivity index is 1.73. The predicted octanol–water partition coefficient (Wildman–Crippen LogP) is 4.20. The maximum atomic E-state index is 12.7. The first kappa shape index (κ1) is 16.8. The Hall–Kier alpha value is -3.60. The topological polar surface area (TPSA) is 66.9 Å². The Morgan fingerprint density at radius 3 is 2.30 bits per heavy atom. The number of imidazole rings is 1. The lowest BCUT2D eigenvalue weighted by Gasteiger charge is -2.14. The zero-order valence-corrected chi connectivity index (χ0v) is 14.8. The number of carbonyl (C=O) groups is 1. The van der Waals surface area contributed by atoms with E-state index in [4.69, 9.17) is 0 Å². The number of hydrogen-bond donors (Lipinski definition) is 2. The van der Waals surface area contributed by atoms with Gasteiger partial charge in [0.25, 0.3) is 0 Å². The molecule has 1 aromatic heterocycles. The van der Waals surface area contributed by atoms with Gasteiger partial charge in [0.1, 0.15) is 6.04 Å². The summed E-state index contributed by atoms with van der Waals surface area (Å²) in [5.41, 5.74) is 3.86. The second-order valence-electron chi connectivity index (χ2n) is 6.43. The van der Waals surface area contributed by atoms with Crippen molar-refractivity contribution < 1.29 is 4.79 Å². The third-order valence-electron chi connectivity index (χ3n) is 4.63. The fraction of sp³-hybridized carbons (Fsp3) is 0.0909. The van der Waals surface area contributed by atoms with Gasteiger partial charge in [-0.2, -0.15) is 0 Å². The van der Waals surface area contributed by atoms with Crippen molar-refractivity contribution in [2.75, 3.05) is 5.32 Å². The van der Waals surface area contributed by atoms with Crippen molar-refractivity contribution in [3.8, 4) is 11.1 Å². The monoisotopic (exact) mass is 357 g/mol. The van der Waals surface area contributed by atoms with E-state index in [1.165, 1.54) is 4.57 Å². The average molecular weight is 357 g/mol. The van der Waals surface area contributed by atoms with E-state index in [9.17, 15) is 9.59 Å². The van der Waals surface area contributed by atoms with Crippen molar-refractivity contribution in [1.29, 1.82) is 0 Å². The highest BCUT2D eigenvalue weighted by Gasteiger charge is 2.20. The number of nitrogens with one attached hydrogen (secondary N) is 2. The Labute approximate surface area is 156 Å². The summed E-state index contributed by atoms with van der Waals surface area (Å²) < 4.78 is 1.50. The molecule has 0 aliphatic heterocycles. The van der Waals surface area contributed by atoms with Gasteiger partial charge in [-0.05, 0) is 42.3 Å². The van der Waals surface area contributed by atoms with E-state index in [-0.39, 0.29) is 11.6 Å². The van der Waals surface area contributed by atoms with Gasteiger partial charge in [-0.3, -0.25) is 9.36 Å². The number of para-hydroxylation sites is 1. The fourth-order valence-corrected chi connectivity index (χ4v) is 3.20. The summed E-state index contributed by atoms with van der Waals surface area (Å²) in [5, 5.41) is 2.86. The summed E-state index contributed by atoms with van der Waals surface area (Å²) in [6.07, 6.45) is 0. The number of benzene rings is 3. The number of anilines is 1. The lowest BCUT2D eigenvalue weighted by Crippen LogP contribution is -2.30. The molecule has 5 heteroatoms. The molecular weight excluding hydrogens is 338 g/mol. The van der Waals surface area contributed by atoms with Crippen LogP contribution in [0.2, 0.25) is 0 Å². The minimum atomic E-state index is -0.655. The Morgan fingerprint density at radius 1 is 0.926 bits per heavy atom. The molecule has 0 aliphatic rings. The van der Waals surface area contributed by atoms with Crippen LogP contribution in [0.4, 0.5) is 5.69 Å². The van der Waals surface area contributed by atoms with Crippen molar-refractivity contribution >= 4 is 22.6 Å². The van der Waals surface area contributed by atoms with Crippen LogP contribution >= 0.6 is 0 Å². The van der Waals surface area contributed by atoms with Gasteiger partial charge in [-0.1, -0.05) is 54.6 Å². The molecule has 4 rings (SSSR count). The van der Waals surface area contributed by atoms with E-state index in [2.05, 4.69) is 10.3 Å². The quantitative estimate of drug-likeness (QED) is 0.575. The van der Waals surface area contributed by atoms with E-state index in [0.29, 0.717) is 16.7 Å². The van der Waals surface area contributed by atoms with Crippen LogP contribution < -0.4 is 11.0 Å². The van der Waals surface area contributed by atoms with E-state index in [0.717, 1.165) is 11.1 Å². The molecule has 0 fully saturated rings. The minimum Gasteiger partial charge on any atom is -0.324 e. The Bertz CT molecular complexity index is 1140. The predicted molar refractivity (Wildman–Crippen MR) is 108 cm³/mol. The highest BCUT2D eigenvalue weighted by Crippen LogP contribution is 2.24. The van der Waals surface area contributed by atoms with E-state index in [1.54, 1.807) is 6.92 Å². The second kappa shape index (κ2) is 6.96. The number of amides is 1. The number of rotatable bonds is 4. The number of aromatic nitrogens is 2. The molecule has 27 heavy (non-hydrogen) atoms. The van der Waals surface area contributed by atoms with E-state index < -0.39 is 6.04 Å². The van der Waals surface area contributed by atoms with Crippen LogP contribution in [0, 0.1) is 0 Å². The van der Waals surface area contributed by atoms with Crippen LogP contribution in [0.25, 0.3) is 22.2 Å². The highest BCUT2D eigenvalue weighted by molar-refractivity contribution is 5.94. The standard InChI is InChI=1S/C22H19N3O2/c1-15(21(26)23-18-10-6-3-7-11-18)25-20-14-17(16-8-4-2-5-9-16)12-13-19(20)24-22(25)27/h2-15H,1H3,(H,23,26)(H,24,27). The first-order valence-corrected chi connectivity index (χ1v) is 8.79. The summed E-state index contributed by atoms with van der Waals surface area (Å²) in [6, 6.07) is 24.3. The molecule has 1 atom stereocenters. The van der Waals surface area contributed by atoms with Gasteiger partial charge in [0.2, 0.25) is 5.91 Å². The smallest absolute Gasteiger partial charge is 0.324 e. The van der Waals surface area contributed by atoms with E-state index in [1.807, 2.05) is 78.9 Å². The van der Waals surface area contributed by atoms with Crippen molar-refractivity contribution in [3.63, 3.8) is 0 Å². The minimum absolute atomic E-state index is 0.241. The molecule has 1 amide bonds. The van der Waals surface area contributed by atoms with Gasteiger partial charge in [0.05, 0.1) is 11.0 Å². The highest BCUT2D eigenvalue weighted by atomic mass is 16.2. The second-order valence-corrected chi connectivity index (χ2v) is 6.43. The van der Waals surface area contributed by atoms with Crippen molar-refractivity contribution in [3.05, 3.63) is 89.3 Å². The molecule has 2 N–H and O–H groups in total. The van der Waals surface area contributed by atoms with Crippen LogP contribution in [0.15, 0.2) is 83.7 Å². The average Bonchev–Trinajstić information content (AvgIpc) is 3.03. The summed E-state index contributed by atoms with van der Waals surface area (Å²) in [4.78, 5) is 28.0. The summed E-state index contributed by atoms with van der Waals surface area (Å²) in [7, 11) is 0. The molecule has 134 valence electrons. The van der Waals surface area contributed by atoms with Gasteiger partial charge in [-0.25, -0.2) is 4.79 Å². The molecule has 0 saturated carbocycles. The molecule has 1 heterocycles. The fourth-order valence-electron chi connectivity index (χ4n) is 3.20. The summed E-state index contributed by atoms with van der Waals surface area (Å²) in [6.45, 7) is 1.72. The molecule has 0 bridgehead atoms. The van der Waals surface area contributed by atoms with Crippen LogP contribution in [0.5, 0.6) is 0 Å². The maximum Gasteiger partial charge on any atom is 0.327 e. The van der Waals surface area contributed by atoms with Gasteiger partial charge in [0, 0.05) is 5.69 Å². The van der Waals surface area contributed by atoms with Crippen LogP contribution in [0.3, 0.4) is 0 Å². The number of hydrogen-bond acceptors (Lipinski definition) is 2. The molecule has 1 unspecified atom stereocenters. The zero-order valence-electron chi connectivity index (χ0n) is 14.8. The van der Waals surface area contributed by atoms with Crippen LogP contribution in [0.1, 0.15) is 13.0 Å². The van der Waals surface area contributed by atoms with Gasteiger partial charge < -0.3 is 10.3 Å². The lowest BCUT2D eigenvalue weighted by atomic mass is 10.1. The molecule has 0 aliphatic carbocycles. The molecule has 5 nitrogen and oxygen atoms in total. The summed E-state index contributed by atoms with van der Waals surface area (Å²) in [5.74, 6) is -0.241. The largest absolute Gasteiger partial charge is 0.327 e. The molecule has 0 saturated heterocycles. The molecule has 0 radical (unpaired) electrons. The van der Waals surface area contributed by atoms with Crippen LogP contribution in [-0.2, 0) is 4.79 Å². The van der Waals surface area contributed by atoms with Gasteiger partial charge in [-0.15, -0.1) is 0 Å². The number of H-pyrrole nitrogens is 1. The SMILES string of the molecule is CC(C(=O)Nc1ccccc1)n1c(=O)[nH]c2ccc(-c3ccccc3)cc21. The Kier molecular flexibility index (Phi) is 4.34. The number of nitrogens with zero attached hydrogens (tertiary/aromatic N) is 1. The van der Waals surface area contributed by atoms with E-state index >= 15 is 0 Å². The van der Waals surface area contributed by atoms with Gasteiger partial charge in [0.15, 0.2) is 0 Å². The first-order chi connectivity index (χ1) is 13.1. The zero-order chi connectivity index (χ0) is 18.8.